The molecule has 0 bridgehead atoms. The van der Waals surface area contributed by atoms with Gasteiger partial charge in [-0.3, -0.25) is 19.5 Å². The molecule has 0 radical (unpaired) electrons. The molecule has 1 aromatic heterocycles. The first-order chi connectivity index (χ1) is 14.0. The molecule has 2 heterocycles. The van der Waals surface area contributed by atoms with Gasteiger partial charge in [0.15, 0.2) is 0 Å². The summed E-state index contributed by atoms with van der Waals surface area (Å²) in [7, 11) is 3.93. The number of rotatable bonds is 7. The Labute approximate surface area is 172 Å². The quantitative estimate of drug-likeness (QED) is 0.760. The normalized spacial score (nSPS) is 17.3. The van der Waals surface area contributed by atoms with Crippen molar-refractivity contribution in [1.29, 1.82) is 0 Å². The van der Waals surface area contributed by atoms with E-state index in [-0.39, 0.29) is 11.8 Å². The fourth-order valence-corrected chi connectivity index (χ4v) is 3.47. The van der Waals surface area contributed by atoms with Crippen molar-refractivity contribution in [3.63, 3.8) is 0 Å². The Hall–Kier alpha value is -2.77. The molecule has 2 aromatic rings. The van der Waals surface area contributed by atoms with Crippen molar-refractivity contribution in [2.75, 3.05) is 46.8 Å². The summed E-state index contributed by atoms with van der Waals surface area (Å²) in [5, 5.41) is 2.99. The van der Waals surface area contributed by atoms with Crippen LogP contribution in [0.3, 0.4) is 0 Å². The molecule has 3 rings (SSSR count). The number of nitrogens with one attached hydrogen (secondary N) is 1. The molecule has 1 saturated heterocycles. The Bertz CT molecular complexity index is 797. The van der Waals surface area contributed by atoms with E-state index in [1.54, 1.807) is 29.4 Å². The van der Waals surface area contributed by atoms with Crippen LogP contribution in [0.25, 0.3) is 0 Å². The molecule has 0 spiro atoms. The lowest BCUT2D eigenvalue weighted by molar-refractivity contribution is -0.127. The van der Waals surface area contributed by atoms with Crippen LogP contribution in [-0.2, 0) is 11.3 Å². The average Bonchev–Trinajstić information content (AvgIpc) is 2.74. The van der Waals surface area contributed by atoms with Crippen LogP contribution in [0.1, 0.15) is 15.9 Å². The number of carbonyl (C=O) groups excluding carboxylic acids is 2. The highest BCUT2D eigenvalue weighted by Gasteiger charge is 2.35. The molecule has 1 N–H and O–H groups in total. The van der Waals surface area contributed by atoms with Crippen LogP contribution in [0.2, 0.25) is 0 Å². The minimum absolute atomic E-state index is 0.109. The van der Waals surface area contributed by atoms with E-state index < -0.39 is 6.04 Å². The Kier molecular flexibility index (Phi) is 7.32. The Morgan fingerprint density at radius 2 is 1.93 bits per heavy atom. The second-order valence-corrected chi connectivity index (χ2v) is 7.57. The number of likely N-dealkylation sites (N-methyl/N-ethyl adjacent to an activating group) is 1. The summed E-state index contributed by atoms with van der Waals surface area (Å²) in [6.07, 6.45) is 3.19. The van der Waals surface area contributed by atoms with Crippen LogP contribution in [0.4, 0.5) is 0 Å². The zero-order valence-electron chi connectivity index (χ0n) is 17.1. The molecule has 0 aliphatic carbocycles. The van der Waals surface area contributed by atoms with Gasteiger partial charge in [-0.15, -0.1) is 0 Å². The summed E-state index contributed by atoms with van der Waals surface area (Å²) in [5.74, 6) is -0.257. The first-order valence-electron chi connectivity index (χ1n) is 9.94. The fraction of sp³-hybridized carbons (Fsp3) is 0.409. The smallest absolute Gasteiger partial charge is 0.256 e. The van der Waals surface area contributed by atoms with Gasteiger partial charge in [0.05, 0.1) is 5.56 Å². The monoisotopic (exact) mass is 395 g/mol. The minimum Gasteiger partial charge on any atom is -0.353 e. The lowest BCUT2D eigenvalue weighted by Crippen LogP contribution is -2.60. The van der Waals surface area contributed by atoms with Gasteiger partial charge in [-0.25, -0.2) is 0 Å². The molecule has 1 fully saturated rings. The zero-order valence-corrected chi connectivity index (χ0v) is 17.1. The van der Waals surface area contributed by atoms with Crippen molar-refractivity contribution >= 4 is 11.8 Å². The molecule has 2 amide bonds. The summed E-state index contributed by atoms with van der Waals surface area (Å²) in [4.78, 5) is 36.0. The van der Waals surface area contributed by atoms with Gasteiger partial charge in [-0.1, -0.05) is 30.3 Å². The average molecular weight is 396 g/mol. The third-order valence-corrected chi connectivity index (χ3v) is 5.04. The molecule has 29 heavy (non-hydrogen) atoms. The number of pyridine rings is 1. The number of carbonyl (C=O) groups is 2. The third-order valence-electron chi connectivity index (χ3n) is 5.04. The van der Waals surface area contributed by atoms with Crippen LogP contribution in [0.15, 0.2) is 54.9 Å². The van der Waals surface area contributed by atoms with Crippen LogP contribution in [-0.4, -0.2) is 84.4 Å². The zero-order chi connectivity index (χ0) is 20.6. The van der Waals surface area contributed by atoms with Crippen LogP contribution in [0.5, 0.6) is 0 Å². The number of amides is 2. The van der Waals surface area contributed by atoms with E-state index in [9.17, 15) is 9.59 Å². The molecule has 7 nitrogen and oxygen atoms in total. The number of hydrogen-bond acceptors (Lipinski definition) is 5. The number of nitrogens with zero attached hydrogens (tertiary/aromatic N) is 4. The molecule has 1 unspecified atom stereocenters. The maximum atomic E-state index is 13.0. The van der Waals surface area contributed by atoms with Gasteiger partial charge in [-0.05, 0) is 31.8 Å². The third kappa shape index (κ3) is 5.85. The van der Waals surface area contributed by atoms with E-state index >= 15 is 0 Å². The molecule has 0 saturated carbocycles. The molecule has 1 aliphatic rings. The topological polar surface area (TPSA) is 68.8 Å². The fourth-order valence-electron chi connectivity index (χ4n) is 3.47. The summed E-state index contributed by atoms with van der Waals surface area (Å²) >= 11 is 0. The number of aromatic nitrogens is 1. The maximum absolute atomic E-state index is 13.0. The van der Waals surface area contributed by atoms with Crippen LogP contribution >= 0.6 is 0 Å². The number of piperazine rings is 1. The first-order valence-corrected chi connectivity index (χ1v) is 9.94. The van der Waals surface area contributed by atoms with Crippen molar-refractivity contribution in [1.82, 2.24) is 25.0 Å². The predicted octanol–water partition coefficient (Wildman–Crippen LogP) is 1.09. The van der Waals surface area contributed by atoms with Crippen molar-refractivity contribution in [3.05, 3.63) is 66.0 Å². The van der Waals surface area contributed by atoms with Crippen molar-refractivity contribution in [3.8, 4) is 0 Å². The Balaban J connectivity index is 1.72. The van der Waals surface area contributed by atoms with Crippen molar-refractivity contribution in [2.45, 2.75) is 12.6 Å². The van der Waals surface area contributed by atoms with Gasteiger partial charge >= 0.3 is 0 Å². The van der Waals surface area contributed by atoms with E-state index in [2.05, 4.69) is 27.3 Å². The van der Waals surface area contributed by atoms with E-state index in [0.717, 1.165) is 19.6 Å². The molecular weight excluding hydrogens is 366 g/mol. The van der Waals surface area contributed by atoms with Crippen LogP contribution in [0, 0.1) is 0 Å². The molecule has 1 aromatic carbocycles. The summed E-state index contributed by atoms with van der Waals surface area (Å²) in [6.45, 7) is 3.80. The standard InChI is InChI=1S/C22H29N5O2/c1-25(2)12-11-24-21(28)20-17-26(16-18-7-4-3-5-8-18)13-14-27(20)22(29)19-9-6-10-23-15-19/h3-10,15,20H,11-14,16-17H2,1-2H3,(H,24,28). The SMILES string of the molecule is CN(C)CCNC(=O)C1CN(Cc2ccccc2)CCN1C(=O)c1cccnc1. The summed E-state index contributed by atoms with van der Waals surface area (Å²) < 4.78 is 0. The van der Waals surface area contributed by atoms with Gasteiger partial charge in [-0.2, -0.15) is 0 Å². The highest BCUT2D eigenvalue weighted by atomic mass is 16.2. The van der Waals surface area contributed by atoms with Crippen LogP contribution < -0.4 is 5.32 Å². The number of benzene rings is 1. The summed E-state index contributed by atoms with van der Waals surface area (Å²) in [6, 6.07) is 13.2. The largest absolute Gasteiger partial charge is 0.353 e. The van der Waals surface area contributed by atoms with Crippen molar-refractivity contribution < 1.29 is 9.59 Å². The van der Waals surface area contributed by atoms with Gasteiger partial charge < -0.3 is 15.1 Å². The molecule has 7 heteroatoms. The van der Waals surface area contributed by atoms with E-state index in [4.69, 9.17) is 0 Å². The predicted molar refractivity (Wildman–Crippen MR) is 112 cm³/mol. The van der Waals surface area contributed by atoms with Gasteiger partial charge in [0.2, 0.25) is 5.91 Å². The van der Waals surface area contributed by atoms with Gasteiger partial charge in [0.25, 0.3) is 5.91 Å². The Morgan fingerprint density at radius 3 is 2.62 bits per heavy atom. The lowest BCUT2D eigenvalue weighted by Gasteiger charge is -2.40. The first kappa shape index (κ1) is 21.0. The van der Waals surface area contributed by atoms with Crippen molar-refractivity contribution in [2.24, 2.45) is 0 Å². The van der Waals surface area contributed by atoms with Gasteiger partial charge in [0.1, 0.15) is 6.04 Å². The molecular formula is C22H29N5O2. The molecule has 1 atom stereocenters. The molecule has 154 valence electrons. The summed E-state index contributed by atoms with van der Waals surface area (Å²) in [5.41, 5.74) is 1.71. The van der Waals surface area contributed by atoms with E-state index in [0.29, 0.717) is 25.2 Å². The minimum atomic E-state index is -0.526. The number of hydrogen-bond donors (Lipinski definition) is 1. The molecule has 1 aliphatic heterocycles. The van der Waals surface area contributed by atoms with Gasteiger partial charge in [0, 0.05) is 51.7 Å². The van der Waals surface area contributed by atoms with E-state index in [1.165, 1.54) is 5.56 Å². The highest BCUT2D eigenvalue weighted by Crippen LogP contribution is 2.16. The second-order valence-electron chi connectivity index (χ2n) is 7.57. The second kappa shape index (κ2) is 10.1. The van der Waals surface area contributed by atoms with E-state index in [1.807, 2.05) is 37.2 Å². The lowest BCUT2D eigenvalue weighted by atomic mass is 10.1. The maximum Gasteiger partial charge on any atom is 0.256 e. The Morgan fingerprint density at radius 1 is 1.14 bits per heavy atom. The highest BCUT2D eigenvalue weighted by molar-refractivity contribution is 5.97.